The zero-order valence-electron chi connectivity index (χ0n) is 17.7. The fourth-order valence-electron chi connectivity index (χ4n) is 3.98. The highest BCUT2D eigenvalue weighted by Crippen LogP contribution is 2.26. The maximum Gasteiger partial charge on any atom is 0.275 e. The lowest BCUT2D eigenvalue weighted by molar-refractivity contribution is -0.885. The molecule has 1 amide bonds. The summed E-state index contributed by atoms with van der Waals surface area (Å²) in [5.41, 5.74) is 5.30. The zero-order chi connectivity index (χ0) is 21.2. The second-order valence-corrected chi connectivity index (χ2v) is 10.4. The second kappa shape index (κ2) is 8.67. The monoisotopic (exact) mass is 419 g/mol. The number of hydrogen-bond donors (Lipinski definition) is 2. The van der Waals surface area contributed by atoms with E-state index < -0.39 is 9.84 Å². The highest BCUT2D eigenvalue weighted by atomic mass is 32.2. The fourth-order valence-corrected chi connectivity index (χ4v) is 5.67. The number of nitrogens with zero attached hydrogens (tertiary/aromatic N) is 2. The molecule has 8 heteroatoms. The molecule has 0 saturated carbocycles. The summed E-state index contributed by atoms with van der Waals surface area (Å²) in [5, 5.41) is 7.61. The molecular weight excluding hydrogens is 388 g/mol. The van der Waals surface area contributed by atoms with Crippen LogP contribution in [0.4, 0.5) is 0 Å². The molecule has 2 atom stereocenters. The van der Waals surface area contributed by atoms with Gasteiger partial charge in [-0.15, -0.1) is 0 Å². The molecule has 2 N–H and O–H groups in total. The predicted molar refractivity (Wildman–Crippen MR) is 112 cm³/mol. The molecule has 0 spiro atoms. The third-order valence-electron chi connectivity index (χ3n) is 5.71. The standard InChI is InChI=1S/C21H30N4O3S/c1-15-7-5-6-8-18(15)11-22-21(26)13-24(4)12-20-16(2)23-25(17(20)3)19-9-10-29(27,28)14-19/h5-8,19H,9-14H2,1-4H3,(H,22,26)/p+1/t19-/m0/s1. The van der Waals surface area contributed by atoms with Crippen LogP contribution in [0.2, 0.25) is 0 Å². The van der Waals surface area contributed by atoms with Gasteiger partial charge >= 0.3 is 0 Å². The van der Waals surface area contributed by atoms with E-state index in [1.54, 1.807) is 0 Å². The molecule has 1 aliphatic heterocycles. The Morgan fingerprint density at radius 2 is 2.00 bits per heavy atom. The Balaban J connectivity index is 1.58. The van der Waals surface area contributed by atoms with Crippen LogP contribution in [0.25, 0.3) is 0 Å². The highest BCUT2D eigenvalue weighted by Gasteiger charge is 2.31. The summed E-state index contributed by atoms with van der Waals surface area (Å²) in [6, 6.07) is 7.95. The molecule has 3 rings (SSSR count). The molecule has 1 saturated heterocycles. The number of rotatable bonds is 7. The van der Waals surface area contributed by atoms with Gasteiger partial charge < -0.3 is 10.2 Å². The van der Waals surface area contributed by atoms with Crippen molar-refractivity contribution in [2.75, 3.05) is 25.1 Å². The lowest BCUT2D eigenvalue weighted by Gasteiger charge is -2.15. The minimum absolute atomic E-state index is 0.00957. The quantitative estimate of drug-likeness (QED) is 0.684. The number of benzene rings is 1. The molecule has 158 valence electrons. The van der Waals surface area contributed by atoms with Gasteiger partial charge in [0.05, 0.1) is 35.9 Å². The summed E-state index contributed by atoms with van der Waals surface area (Å²) in [6.07, 6.45) is 0.619. The third-order valence-corrected chi connectivity index (χ3v) is 7.46. The van der Waals surface area contributed by atoms with Crippen molar-refractivity contribution in [2.45, 2.75) is 46.3 Å². The molecule has 2 aromatic rings. The van der Waals surface area contributed by atoms with Crippen LogP contribution in [0.1, 0.15) is 40.5 Å². The second-order valence-electron chi connectivity index (χ2n) is 8.16. The maximum absolute atomic E-state index is 12.4. The summed E-state index contributed by atoms with van der Waals surface area (Å²) in [4.78, 5) is 13.4. The van der Waals surface area contributed by atoms with Gasteiger partial charge in [0.15, 0.2) is 16.4 Å². The van der Waals surface area contributed by atoms with Crippen molar-refractivity contribution in [1.82, 2.24) is 15.1 Å². The van der Waals surface area contributed by atoms with Crippen LogP contribution in [-0.4, -0.2) is 49.2 Å². The van der Waals surface area contributed by atoms with E-state index in [2.05, 4.69) is 10.4 Å². The van der Waals surface area contributed by atoms with Crippen LogP contribution in [0.15, 0.2) is 24.3 Å². The third kappa shape index (κ3) is 5.25. The van der Waals surface area contributed by atoms with Gasteiger partial charge in [-0.2, -0.15) is 5.10 Å². The summed E-state index contributed by atoms with van der Waals surface area (Å²) in [5.74, 6) is 0.408. The van der Waals surface area contributed by atoms with Crippen LogP contribution in [0.5, 0.6) is 0 Å². The first-order chi connectivity index (χ1) is 13.7. The van der Waals surface area contributed by atoms with Crippen molar-refractivity contribution in [1.29, 1.82) is 0 Å². The van der Waals surface area contributed by atoms with Crippen molar-refractivity contribution in [3.63, 3.8) is 0 Å². The predicted octanol–water partition coefficient (Wildman–Crippen LogP) is 0.499. The smallest absolute Gasteiger partial charge is 0.275 e. The number of likely N-dealkylation sites (N-methyl/N-ethyl adjacent to an activating group) is 1. The minimum Gasteiger partial charge on any atom is -0.347 e. The van der Waals surface area contributed by atoms with E-state index >= 15 is 0 Å². The fraction of sp³-hybridized carbons (Fsp3) is 0.524. The number of carbonyl (C=O) groups excluding carboxylic acids is 1. The van der Waals surface area contributed by atoms with E-state index in [9.17, 15) is 13.2 Å². The number of quaternary nitrogens is 1. The Hall–Kier alpha value is -2.19. The topological polar surface area (TPSA) is 85.5 Å². The van der Waals surface area contributed by atoms with Crippen molar-refractivity contribution >= 4 is 15.7 Å². The summed E-state index contributed by atoms with van der Waals surface area (Å²) >= 11 is 0. The van der Waals surface area contributed by atoms with Crippen LogP contribution in [-0.2, 0) is 27.7 Å². The van der Waals surface area contributed by atoms with E-state index in [0.29, 0.717) is 26.1 Å². The number of aromatic nitrogens is 2. The number of hydrogen-bond acceptors (Lipinski definition) is 4. The Kier molecular flexibility index (Phi) is 6.43. The van der Waals surface area contributed by atoms with Crippen LogP contribution >= 0.6 is 0 Å². The van der Waals surface area contributed by atoms with Gasteiger partial charge in [-0.05, 0) is 38.3 Å². The van der Waals surface area contributed by atoms with Gasteiger partial charge in [0, 0.05) is 12.2 Å². The summed E-state index contributed by atoms with van der Waals surface area (Å²) < 4.78 is 25.5. The first-order valence-corrected chi connectivity index (χ1v) is 11.9. The molecule has 1 aliphatic rings. The summed E-state index contributed by atoms with van der Waals surface area (Å²) in [6.45, 7) is 7.56. The largest absolute Gasteiger partial charge is 0.347 e. The molecule has 1 fully saturated rings. The molecule has 0 aliphatic carbocycles. The number of amides is 1. The molecule has 1 aromatic carbocycles. The first kappa shape index (κ1) is 21.5. The average molecular weight is 420 g/mol. The SMILES string of the molecule is Cc1ccccc1CNC(=O)C[NH+](C)Cc1c(C)nn([C@H]2CCS(=O)(=O)C2)c1C. The van der Waals surface area contributed by atoms with Gasteiger partial charge in [-0.25, -0.2) is 8.42 Å². The minimum atomic E-state index is -2.95. The molecule has 0 bridgehead atoms. The normalized spacial score (nSPS) is 19.2. The Labute approximate surface area is 173 Å². The van der Waals surface area contributed by atoms with E-state index in [1.807, 2.05) is 56.8 Å². The van der Waals surface area contributed by atoms with Crippen LogP contribution < -0.4 is 10.2 Å². The molecular formula is C21H31N4O3S+. The van der Waals surface area contributed by atoms with Gasteiger partial charge in [-0.1, -0.05) is 24.3 Å². The van der Waals surface area contributed by atoms with Crippen molar-refractivity contribution in [3.05, 3.63) is 52.3 Å². The van der Waals surface area contributed by atoms with Crippen molar-refractivity contribution < 1.29 is 18.1 Å². The Morgan fingerprint density at radius 1 is 1.28 bits per heavy atom. The first-order valence-electron chi connectivity index (χ1n) is 10.0. The van der Waals surface area contributed by atoms with Crippen molar-refractivity contribution in [2.24, 2.45) is 0 Å². The molecule has 1 unspecified atom stereocenters. The lowest BCUT2D eigenvalue weighted by Crippen LogP contribution is -3.09. The van der Waals surface area contributed by atoms with Gasteiger partial charge in [0.25, 0.3) is 5.91 Å². The lowest BCUT2D eigenvalue weighted by atomic mass is 10.1. The van der Waals surface area contributed by atoms with Gasteiger partial charge in [-0.3, -0.25) is 9.48 Å². The molecule has 0 radical (unpaired) electrons. The van der Waals surface area contributed by atoms with E-state index in [4.69, 9.17) is 0 Å². The summed E-state index contributed by atoms with van der Waals surface area (Å²) in [7, 11) is -0.965. The zero-order valence-corrected chi connectivity index (χ0v) is 18.5. The number of carbonyl (C=O) groups is 1. The molecule has 1 aromatic heterocycles. The Bertz CT molecular complexity index is 997. The number of sulfone groups is 1. The highest BCUT2D eigenvalue weighted by molar-refractivity contribution is 7.91. The number of aryl methyl sites for hydroxylation is 2. The molecule has 2 heterocycles. The van der Waals surface area contributed by atoms with Gasteiger partial charge in [0.1, 0.15) is 6.54 Å². The van der Waals surface area contributed by atoms with Crippen LogP contribution in [0.3, 0.4) is 0 Å². The molecule has 29 heavy (non-hydrogen) atoms. The van der Waals surface area contributed by atoms with E-state index in [1.165, 1.54) is 5.56 Å². The number of nitrogens with one attached hydrogen (secondary N) is 2. The average Bonchev–Trinajstić information content (AvgIpc) is 3.14. The maximum atomic E-state index is 12.4. The molecule has 7 nitrogen and oxygen atoms in total. The van der Waals surface area contributed by atoms with Crippen molar-refractivity contribution in [3.8, 4) is 0 Å². The van der Waals surface area contributed by atoms with Gasteiger partial charge in [0.2, 0.25) is 0 Å². The van der Waals surface area contributed by atoms with Crippen LogP contribution in [0, 0.1) is 20.8 Å². The Morgan fingerprint density at radius 3 is 2.66 bits per heavy atom. The van der Waals surface area contributed by atoms with E-state index in [-0.39, 0.29) is 23.5 Å². The van der Waals surface area contributed by atoms with E-state index in [0.717, 1.165) is 27.4 Å².